The van der Waals surface area contributed by atoms with E-state index < -0.39 is 0 Å². The van der Waals surface area contributed by atoms with Gasteiger partial charge in [-0.05, 0) is 18.5 Å². The van der Waals surface area contributed by atoms with Crippen LogP contribution in [0.2, 0.25) is 0 Å². The van der Waals surface area contributed by atoms with Crippen molar-refractivity contribution in [2.45, 2.75) is 6.92 Å². The smallest absolute Gasteiger partial charge is 0.230 e. The molecule has 0 aliphatic carbocycles. The van der Waals surface area contributed by atoms with Gasteiger partial charge < -0.3 is 10.6 Å². The topological polar surface area (TPSA) is 54.0 Å². The van der Waals surface area contributed by atoms with Crippen molar-refractivity contribution < 1.29 is 4.79 Å². The summed E-state index contributed by atoms with van der Waals surface area (Å²) < 4.78 is 0. The van der Waals surface area contributed by atoms with Gasteiger partial charge in [-0.3, -0.25) is 4.79 Å². The zero-order valence-corrected chi connectivity index (χ0v) is 11.9. The Morgan fingerprint density at radius 3 is 3.00 bits per heavy atom. The van der Waals surface area contributed by atoms with E-state index in [2.05, 4.69) is 15.6 Å². The van der Waals surface area contributed by atoms with Gasteiger partial charge in [0.05, 0.1) is 10.6 Å². The molecule has 0 aliphatic heterocycles. The molecule has 2 aromatic heterocycles. The number of thiophene rings is 1. The lowest BCUT2D eigenvalue weighted by molar-refractivity contribution is -0.119. The van der Waals surface area contributed by atoms with Crippen molar-refractivity contribution in [2.24, 2.45) is 5.92 Å². The molecule has 0 bridgehead atoms. The van der Waals surface area contributed by atoms with E-state index in [0.717, 1.165) is 10.6 Å². The predicted molar refractivity (Wildman–Crippen MR) is 77.1 cm³/mol. The Morgan fingerprint density at radius 2 is 2.33 bits per heavy atom. The van der Waals surface area contributed by atoms with E-state index in [1.54, 1.807) is 11.3 Å². The molecule has 1 atom stereocenters. The van der Waals surface area contributed by atoms with Gasteiger partial charge in [0.15, 0.2) is 5.13 Å². The van der Waals surface area contributed by atoms with Gasteiger partial charge in [-0.15, -0.1) is 22.7 Å². The second-order valence-corrected chi connectivity index (χ2v) is 5.77. The maximum Gasteiger partial charge on any atom is 0.230 e. The molecule has 2 rings (SSSR count). The first-order valence-corrected chi connectivity index (χ1v) is 7.41. The van der Waals surface area contributed by atoms with E-state index in [9.17, 15) is 4.79 Å². The van der Waals surface area contributed by atoms with Crippen LogP contribution in [0.1, 0.15) is 6.92 Å². The molecule has 0 aliphatic rings. The SMILES string of the molecule is CNCC(C)C(=O)Nc1nc(-c2cccs2)cs1. The van der Waals surface area contributed by atoms with Crippen LogP contribution in [0, 0.1) is 5.92 Å². The summed E-state index contributed by atoms with van der Waals surface area (Å²) in [5, 5.41) is 10.5. The first kappa shape index (κ1) is 13.2. The van der Waals surface area contributed by atoms with Crippen LogP contribution in [0.3, 0.4) is 0 Å². The van der Waals surface area contributed by atoms with Gasteiger partial charge in [0.2, 0.25) is 5.91 Å². The Kier molecular flexibility index (Phi) is 4.46. The molecule has 6 heteroatoms. The van der Waals surface area contributed by atoms with Crippen LogP contribution in [-0.2, 0) is 4.79 Å². The highest BCUT2D eigenvalue weighted by Crippen LogP contribution is 2.28. The zero-order valence-electron chi connectivity index (χ0n) is 10.3. The van der Waals surface area contributed by atoms with Crippen molar-refractivity contribution >= 4 is 33.7 Å². The molecule has 0 radical (unpaired) electrons. The standard InChI is InChI=1S/C12H15N3OS2/c1-8(6-13-2)11(16)15-12-14-9(7-18-12)10-4-3-5-17-10/h3-5,7-8,13H,6H2,1-2H3,(H,14,15,16). The van der Waals surface area contributed by atoms with Crippen LogP contribution in [-0.4, -0.2) is 24.5 Å². The molecule has 0 spiro atoms. The predicted octanol–water partition coefficient (Wildman–Crippen LogP) is 2.67. The van der Waals surface area contributed by atoms with E-state index in [-0.39, 0.29) is 11.8 Å². The van der Waals surface area contributed by atoms with Crippen molar-refractivity contribution in [3.8, 4) is 10.6 Å². The highest BCUT2D eigenvalue weighted by atomic mass is 32.1. The Labute approximate surface area is 114 Å². The number of thiazole rings is 1. The van der Waals surface area contributed by atoms with Gasteiger partial charge in [0, 0.05) is 17.8 Å². The molecular weight excluding hydrogens is 266 g/mol. The molecule has 0 saturated heterocycles. The third-order valence-electron chi connectivity index (χ3n) is 2.47. The number of rotatable bonds is 5. The lowest BCUT2D eigenvalue weighted by Crippen LogP contribution is -2.28. The number of aromatic nitrogens is 1. The number of hydrogen-bond acceptors (Lipinski definition) is 5. The molecule has 96 valence electrons. The lowest BCUT2D eigenvalue weighted by Gasteiger charge is -2.09. The van der Waals surface area contributed by atoms with Crippen LogP contribution in [0.4, 0.5) is 5.13 Å². The van der Waals surface area contributed by atoms with Gasteiger partial charge in [-0.25, -0.2) is 4.98 Å². The molecule has 1 amide bonds. The minimum atomic E-state index is -0.0657. The van der Waals surface area contributed by atoms with E-state index in [1.165, 1.54) is 11.3 Å². The summed E-state index contributed by atoms with van der Waals surface area (Å²) in [4.78, 5) is 17.3. The van der Waals surface area contributed by atoms with E-state index in [0.29, 0.717) is 11.7 Å². The zero-order chi connectivity index (χ0) is 13.0. The first-order chi connectivity index (χ1) is 8.70. The third kappa shape index (κ3) is 3.16. The first-order valence-electron chi connectivity index (χ1n) is 5.65. The highest BCUT2D eigenvalue weighted by Gasteiger charge is 2.14. The number of nitrogens with one attached hydrogen (secondary N) is 2. The fourth-order valence-corrected chi connectivity index (χ4v) is 2.97. The van der Waals surface area contributed by atoms with E-state index >= 15 is 0 Å². The number of carbonyl (C=O) groups excluding carboxylic acids is 1. The third-order valence-corrected chi connectivity index (χ3v) is 4.12. The van der Waals surface area contributed by atoms with E-state index in [1.807, 2.05) is 36.9 Å². The summed E-state index contributed by atoms with van der Waals surface area (Å²) in [5.41, 5.74) is 0.923. The number of carbonyl (C=O) groups is 1. The second-order valence-electron chi connectivity index (χ2n) is 3.96. The molecule has 0 fully saturated rings. The maximum absolute atomic E-state index is 11.8. The molecule has 0 saturated carbocycles. The Bertz CT molecular complexity index is 507. The molecule has 18 heavy (non-hydrogen) atoms. The number of amides is 1. The molecule has 0 aromatic carbocycles. The highest BCUT2D eigenvalue weighted by molar-refractivity contribution is 7.16. The Balaban J connectivity index is 2.01. The quantitative estimate of drug-likeness (QED) is 0.886. The van der Waals surface area contributed by atoms with Crippen molar-refractivity contribution in [3.63, 3.8) is 0 Å². The van der Waals surface area contributed by atoms with Crippen molar-refractivity contribution in [2.75, 3.05) is 18.9 Å². The number of hydrogen-bond donors (Lipinski definition) is 2. The lowest BCUT2D eigenvalue weighted by atomic mass is 10.2. The normalized spacial score (nSPS) is 12.3. The summed E-state index contributed by atoms with van der Waals surface area (Å²) >= 11 is 3.10. The largest absolute Gasteiger partial charge is 0.319 e. The van der Waals surface area contributed by atoms with Crippen LogP contribution in [0.5, 0.6) is 0 Å². The van der Waals surface area contributed by atoms with Gasteiger partial charge >= 0.3 is 0 Å². The minimum absolute atomic E-state index is 0.00331. The molecular formula is C12H15N3OS2. The minimum Gasteiger partial charge on any atom is -0.319 e. The van der Waals surface area contributed by atoms with Gasteiger partial charge in [0.25, 0.3) is 0 Å². The van der Waals surface area contributed by atoms with Crippen LogP contribution in [0.25, 0.3) is 10.6 Å². The summed E-state index contributed by atoms with van der Waals surface area (Å²) in [6.45, 7) is 2.55. The fraction of sp³-hybridized carbons (Fsp3) is 0.333. The van der Waals surface area contributed by atoms with Gasteiger partial charge in [-0.1, -0.05) is 13.0 Å². The fourth-order valence-electron chi connectivity index (χ4n) is 1.50. The summed E-state index contributed by atoms with van der Waals surface area (Å²) in [7, 11) is 1.84. The summed E-state index contributed by atoms with van der Waals surface area (Å²) in [6, 6.07) is 4.02. The van der Waals surface area contributed by atoms with Crippen LogP contribution >= 0.6 is 22.7 Å². The monoisotopic (exact) mass is 281 g/mol. The second kappa shape index (κ2) is 6.08. The van der Waals surface area contributed by atoms with Crippen molar-refractivity contribution in [1.82, 2.24) is 10.3 Å². The average Bonchev–Trinajstić information content (AvgIpc) is 2.98. The molecule has 2 N–H and O–H groups in total. The number of nitrogens with zero attached hydrogens (tertiary/aromatic N) is 1. The molecule has 2 heterocycles. The Morgan fingerprint density at radius 1 is 1.50 bits per heavy atom. The molecule has 1 unspecified atom stereocenters. The van der Waals surface area contributed by atoms with Gasteiger partial charge in [-0.2, -0.15) is 0 Å². The molecule has 4 nitrogen and oxygen atoms in total. The number of anilines is 1. The Hall–Kier alpha value is -1.24. The molecule has 2 aromatic rings. The summed E-state index contributed by atoms with van der Waals surface area (Å²) in [5.74, 6) is -0.0690. The van der Waals surface area contributed by atoms with Gasteiger partial charge in [0.1, 0.15) is 0 Å². The van der Waals surface area contributed by atoms with Crippen LogP contribution < -0.4 is 10.6 Å². The van der Waals surface area contributed by atoms with E-state index in [4.69, 9.17) is 0 Å². The van der Waals surface area contributed by atoms with Crippen LogP contribution in [0.15, 0.2) is 22.9 Å². The van der Waals surface area contributed by atoms with Crippen molar-refractivity contribution in [1.29, 1.82) is 0 Å². The maximum atomic E-state index is 11.8. The average molecular weight is 281 g/mol. The van der Waals surface area contributed by atoms with Crippen molar-refractivity contribution in [3.05, 3.63) is 22.9 Å². The summed E-state index contributed by atoms with van der Waals surface area (Å²) in [6.07, 6.45) is 0.